The van der Waals surface area contributed by atoms with E-state index in [1.54, 1.807) is 18.1 Å². The van der Waals surface area contributed by atoms with Gasteiger partial charge in [-0.15, -0.1) is 0 Å². The van der Waals surface area contributed by atoms with Crippen LogP contribution in [-0.4, -0.2) is 62.8 Å². The van der Waals surface area contributed by atoms with E-state index in [-0.39, 0.29) is 18.0 Å². The van der Waals surface area contributed by atoms with Crippen molar-refractivity contribution in [1.82, 2.24) is 24.6 Å². The molecule has 5 heterocycles. The van der Waals surface area contributed by atoms with Gasteiger partial charge in [-0.2, -0.15) is 5.10 Å². The Morgan fingerprint density at radius 2 is 1.93 bits per heavy atom. The molecule has 1 amide bonds. The summed E-state index contributed by atoms with van der Waals surface area (Å²) in [5.74, 6) is 1.74. The largest absolute Gasteiger partial charge is 0.497 e. The molecule has 3 aliphatic rings. The van der Waals surface area contributed by atoms with Gasteiger partial charge in [0.2, 0.25) is 0 Å². The molecule has 3 aromatic rings. The van der Waals surface area contributed by atoms with E-state index >= 15 is 0 Å². The van der Waals surface area contributed by atoms with Crippen molar-refractivity contribution in [2.75, 3.05) is 25.1 Å². The number of fused-ring (bicyclic) bond motifs is 2. The zero-order chi connectivity index (χ0) is 20.8. The predicted molar refractivity (Wildman–Crippen MR) is 113 cm³/mol. The maximum Gasteiger partial charge on any atom is 0.272 e. The molecule has 3 saturated heterocycles. The number of ether oxygens (including phenoxy) is 1. The number of carbonyl (C=O) groups excluding carboxylic acids is 1. The lowest BCUT2D eigenvalue weighted by atomic mass is 9.87. The molecule has 6 rings (SSSR count). The first-order chi connectivity index (χ1) is 14.5. The molecule has 0 spiro atoms. The number of nitrogens with zero attached hydrogens (tertiary/aromatic N) is 6. The summed E-state index contributed by atoms with van der Waals surface area (Å²) in [5, 5.41) is 4.57. The van der Waals surface area contributed by atoms with E-state index in [9.17, 15) is 4.79 Å². The lowest BCUT2D eigenvalue weighted by Crippen LogP contribution is -2.70. The van der Waals surface area contributed by atoms with Gasteiger partial charge in [0, 0.05) is 37.5 Å². The van der Waals surface area contributed by atoms with Crippen LogP contribution in [0.15, 0.2) is 42.7 Å². The second kappa shape index (κ2) is 7.12. The second-order valence-electron chi connectivity index (χ2n) is 7.95. The van der Waals surface area contributed by atoms with Crippen LogP contribution in [0.4, 0.5) is 5.82 Å². The maximum absolute atomic E-state index is 13.3. The van der Waals surface area contributed by atoms with Crippen molar-refractivity contribution < 1.29 is 9.53 Å². The average molecular weight is 404 g/mol. The van der Waals surface area contributed by atoms with Crippen LogP contribution in [0.25, 0.3) is 11.3 Å². The molecule has 2 atom stereocenters. The molecule has 154 valence electrons. The third-order valence-corrected chi connectivity index (χ3v) is 6.01. The SMILES string of the molecule is COc1cccc(-c2cc(C(=O)N3C4CC3CN(c3cc(C)ncn3)C4)n(C)n2)c1. The number of aryl methyl sites for hydroxylation is 2. The van der Waals surface area contributed by atoms with Crippen LogP contribution in [-0.2, 0) is 7.05 Å². The topological polar surface area (TPSA) is 76.4 Å². The number of piperidine rings is 1. The van der Waals surface area contributed by atoms with Crippen LogP contribution in [0.1, 0.15) is 22.6 Å². The van der Waals surface area contributed by atoms with E-state index in [1.165, 1.54) is 0 Å². The molecule has 0 aliphatic carbocycles. The number of aromatic nitrogens is 4. The molecule has 1 aromatic carbocycles. The van der Waals surface area contributed by atoms with Gasteiger partial charge in [-0.05, 0) is 31.5 Å². The number of methoxy groups -OCH3 is 1. The van der Waals surface area contributed by atoms with Gasteiger partial charge in [0.1, 0.15) is 23.6 Å². The maximum atomic E-state index is 13.3. The first-order valence-corrected chi connectivity index (χ1v) is 10.1. The normalized spacial score (nSPS) is 20.1. The molecule has 30 heavy (non-hydrogen) atoms. The Balaban J connectivity index is 1.35. The van der Waals surface area contributed by atoms with Crippen LogP contribution in [0.3, 0.4) is 0 Å². The number of benzene rings is 1. The standard InChI is InChI=1S/C22H24N6O2/c1-14-7-21(24-13-23-14)27-11-16-9-17(12-27)28(16)22(29)20-10-19(25-26(20)2)15-5-4-6-18(8-15)30-3/h4-8,10,13,16-17H,9,11-12H2,1-3H3. The predicted octanol–water partition coefficient (Wildman–Crippen LogP) is 2.30. The first kappa shape index (κ1) is 18.6. The molecule has 0 radical (unpaired) electrons. The number of amides is 1. The number of carbonyl (C=O) groups is 1. The molecule has 2 aromatic heterocycles. The van der Waals surface area contributed by atoms with E-state index in [4.69, 9.17) is 4.74 Å². The van der Waals surface area contributed by atoms with Crippen molar-refractivity contribution in [2.24, 2.45) is 7.05 Å². The van der Waals surface area contributed by atoms with Gasteiger partial charge >= 0.3 is 0 Å². The van der Waals surface area contributed by atoms with Crippen molar-refractivity contribution >= 4 is 11.7 Å². The molecule has 3 aliphatic heterocycles. The van der Waals surface area contributed by atoms with Gasteiger partial charge in [-0.3, -0.25) is 9.48 Å². The molecule has 0 N–H and O–H groups in total. The summed E-state index contributed by atoms with van der Waals surface area (Å²) in [4.78, 5) is 26.2. The quantitative estimate of drug-likeness (QED) is 0.664. The summed E-state index contributed by atoms with van der Waals surface area (Å²) in [5.41, 5.74) is 3.25. The van der Waals surface area contributed by atoms with Crippen molar-refractivity contribution in [3.05, 3.63) is 54.1 Å². The number of hydrogen-bond donors (Lipinski definition) is 0. The Hall–Kier alpha value is -3.42. The van der Waals surface area contributed by atoms with Gasteiger partial charge in [-0.25, -0.2) is 9.97 Å². The molecular weight excluding hydrogens is 380 g/mol. The van der Waals surface area contributed by atoms with E-state index < -0.39 is 0 Å². The highest BCUT2D eigenvalue weighted by atomic mass is 16.5. The fraction of sp³-hybridized carbons (Fsp3) is 0.364. The van der Waals surface area contributed by atoms with Gasteiger partial charge in [0.15, 0.2) is 0 Å². The van der Waals surface area contributed by atoms with Gasteiger partial charge in [-0.1, -0.05) is 12.1 Å². The van der Waals surface area contributed by atoms with Crippen LogP contribution in [0.5, 0.6) is 5.75 Å². The fourth-order valence-electron chi connectivity index (χ4n) is 4.46. The van der Waals surface area contributed by atoms with Gasteiger partial charge in [0.05, 0.1) is 24.9 Å². The summed E-state index contributed by atoms with van der Waals surface area (Å²) in [7, 11) is 3.46. The Labute approximate surface area is 175 Å². The molecule has 8 heteroatoms. The molecule has 0 saturated carbocycles. The summed E-state index contributed by atoms with van der Waals surface area (Å²) in [6, 6.07) is 12.0. The highest BCUT2D eigenvalue weighted by Gasteiger charge is 2.48. The summed E-state index contributed by atoms with van der Waals surface area (Å²) >= 11 is 0. The number of rotatable bonds is 4. The lowest BCUT2D eigenvalue weighted by Gasteiger charge is -2.56. The molecule has 2 bridgehead atoms. The summed E-state index contributed by atoms with van der Waals surface area (Å²) in [6.45, 7) is 3.55. The average Bonchev–Trinajstić information content (AvgIpc) is 3.15. The van der Waals surface area contributed by atoms with Crippen molar-refractivity contribution in [3.8, 4) is 17.0 Å². The first-order valence-electron chi connectivity index (χ1n) is 10.1. The van der Waals surface area contributed by atoms with E-state index in [2.05, 4.69) is 20.0 Å². The third kappa shape index (κ3) is 3.08. The van der Waals surface area contributed by atoms with Crippen LogP contribution in [0, 0.1) is 6.92 Å². The smallest absolute Gasteiger partial charge is 0.272 e. The number of hydrogen-bond acceptors (Lipinski definition) is 6. The molecule has 8 nitrogen and oxygen atoms in total. The zero-order valence-corrected chi connectivity index (χ0v) is 17.3. The Morgan fingerprint density at radius 1 is 1.13 bits per heavy atom. The summed E-state index contributed by atoms with van der Waals surface area (Å²) in [6.07, 6.45) is 2.64. The highest BCUT2D eigenvalue weighted by Crippen LogP contribution is 2.36. The third-order valence-electron chi connectivity index (χ3n) is 6.01. The summed E-state index contributed by atoms with van der Waals surface area (Å²) < 4.78 is 6.98. The minimum Gasteiger partial charge on any atom is -0.497 e. The zero-order valence-electron chi connectivity index (χ0n) is 17.3. The molecule has 3 fully saturated rings. The highest BCUT2D eigenvalue weighted by molar-refractivity contribution is 5.95. The number of piperazine rings is 1. The van der Waals surface area contributed by atoms with E-state index in [1.807, 2.05) is 55.3 Å². The lowest BCUT2D eigenvalue weighted by molar-refractivity contribution is 0.00481. The van der Waals surface area contributed by atoms with Crippen LogP contribution in [0.2, 0.25) is 0 Å². The van der Waals surface area contributed by atoms with Crippen molar-refractivity contribution in [1.29, 1.82) is 0 Å². The number of anilines is 1. The Bertz CT molecular complexity index is 1100. The van der Waals surface area contributed by atoms with Crippen molar-refractivity contribution in [3.63, 3.8) is 0 Å². The molecule has 2 unspecified atom stereocenters. The van der Waals surface area contributed by atoms with Crippen LogP contribution >= 0.6 is 0 Å². The van der Waals surface area contributed by atoms with E-state index in [0.717, 1.165) is 48.0 Å². The van der Waals surface area contributed by atoms with Crippen molar-refractivity contribution in [2.45, 2.75) is 25.4 Å². The Kier molecular flexibility index (Phi) is 4.42. The second-order valence-corrected chi connectivity index (χ2v) is 7.95. The van der Waals surface area contributed by atoms with E-state index in [0.29, 0.717) is 5.69 Å². The van der Waals surface area contributed by atoms with Crippen LogP contribution < -0.4 is 9.64 Å². The fourth-order valence-corrected chi connectivity index (χ4v) is 4.46. The Morgan fingerprint density at radius 3 is 2.67 bits per heavy atom. The molecular formula is C22H24N6O2. The van der Waals surface area contributed by atoms with Gasteiger partial charge in [0.25, 0.3) is 5.91 Å². The van der Waals surface area contributed by atoms with Gasteiger partial charge < -0.3 is 14.5 Å². The minimum atomic E-state index is 0.0407. The minimum absolute atomic E-state index is 0.0407. The monoisotopic (exact) mass is 404 g/mol.